The van der Waals surface area contributed by atoms with Crippen molar-refractivity contribution in [3.63, 3.8) is 0 Å². The summed E-state index contributed by atoms with van der Waals surface area (Å²) in [5.41, 5.74) is 4.75. The lowest BCUT2D eigenvalue weighted by molar-refractivity contribution is -0.143. The highest BCUT2D eigenvalue weighted by Gasteiger charge is 2.30. The highest BCUT2D eigenvalue weighted by Crippen LogP contribution is 2.23. The van der Waals surface area contributed by atoms with Crippen LogP contribution in [-0.4, -0.2) is 29.8 Å². The predicted molar refractivity (Wildman–Crippen MR) is 76.1 cm³/mol. The van der Waals surface area contributed by atoms with Gasteiger partial charge in [0.25, 0.3) is 0 Å². The van der Waals surface area contributed by atoms with E-state index in [-0.39, 0.29) is 0 Å². The molecular weight excluding hydrogens is 242 g/mol. The van der Waals surface area contributed by atoms with Crippen molar-refractivity contribution < 1.29 is 14.6 Å². The first kappa shape index (κ1) is 16.4. The summed E-state index contributed by atoms with van der Waals surface area (Å²) in [6.45, 7) is 3.28. The summed E-state index contributed by atoms with van der Waals surface area (Å²) in [4.78, 5) is 11.0. The maximum atomic E-state index is 11.0. The van der Waals surface area contributed by atoms with Crippen LogP contribution < -0.4 is 5.73 Å². The Balaban J connectivity index is 2.11. The molecule has 112 valence electrons. The summed E-state index contributed by atoms with van der Waals surface area (Å²) in [7, 11) is 0. The molecule has 4 nitrogen and oxygen atoms in total. The van der Waals surface area contributed by atoms with Crippen LogP contribution in [0.3, 0.4) is 0 Å². The van der Waals surface area contributed by atoms with Gasteiger partial charge < -0.3 is 15.6 Å². The van der Waals surface area contributed by atoms with Gasteiger partial charge in [0.2, 0.25) is 0 Å². The summed E-state index contributed by atoms with van der Waals surface area (Å²) in [5, 5.41) is 9.06. The number of aliphatic carboxylic acids is 1. The number of carboxylic acids is 1. The molecule has 0 bridgehead atoms. The van der Waals surface area contributed by atoms with Gasteiger partial charge in [-0.15, -0.1) is 0 Å². The number of carbonyl (C=O) groups is 1. The lowest BCUT2D eigenvalue weighted by Crippen LogP contribution is -2.47. The first-order valence-corrected chi connectivity index (χ1v) is 7.68. The summed E-state index contributed by atoms with van der Waals surface area (Å²) < 4.78 is 5.70. The third-order valence-corrected chi connectivity index (χ3v) is 4.30. The highest BCUT2D eigenvalue weighted by molar-refractivity contribution is 5.78. The van der Waals surface area contributed by atoms with Gasteiger partial charge in [0.05, 0.1) is 0 Å². The van der Waals surface area contributed by atoms with Crippen molar-refractivity contribution >= 4 is 5.97 Å². The monoisotopic (exact) mass is 271 g/mol. The lowest BCUT2D eigenvalue weighted by Gasteiger charge is -2.23. The van der Waals surface area contributed by atoms with Crippen molar-refractivity contribution in [3.05, 3.63) is 0 Å². The number of nitrogens with two attached hydrogens (primary N) is 1. The molecule has 19 heavy (non-hydrogen) atoms. The Bertz CT molecular complexity index is 262. The fraction of sp³-hybridized carbons (Fsp3) is 0.933. The average molecular weight is 271 g/mol. The van der Waals surface area contributed by atoms with Gasteiger partial charge in [0, 0.05) is 13.2 Å². The number of hydrogen-bond acceptors (Lipinski definition) is 3. The van der Waals surface area contributed by atoms with Crippen LogP contribution in [0.4, 0.5) is 0 Å². The molecule has 0 radical (unpaired) electrons. The van der Waals surface area contributed by atoms with Gasteiger partial charge >= 0.3 is 5.97 Å². The molecule has 0 spiro atoms. The summed E-state index contributed by atoms with van der Waals surface area (Å²) >= 11 is 0. The first-order valence-electron chi connectivity index (χ1n) is 7.68. The van der Waals surface area contributed by atoms with E-state index in [1.807, 2.05) is 6.92 Å². The van der Waals surface area contributed by atoms with Crippen molar-refractivity contribution in [2.45, 2.75) is 70.3 Å². The van der Waals surface area contributed by atoms with Crippen molar-refractivity contribution in [3.8, 4) is 0 Å². The molecular formula is C15H29NO3. The van der Waals surface area contributed by atoms with Crippen LogP contribution in [0, 0.1) is 5.92 Å². The van der Waals surface area contributed by atoms with Gasteiger partial charge in [-0.1, -0.05) is 32.6 Å². The van der Waals surface area contributed by atoms with E-state index in [2.05, 4.69) is 0 Å². The van der Waals surface area contributed by atoms with Crippen LogP contribution in [0.5, 0.6) is 0 Å². The summed E-state index contributed by atoms with van der Waals surface area (Å²) in [6.07, 6.45) is 9.62. The van der Waals surface area contributed by atoms with Crippen LogP contribution in [0.1, 0.15) is 64.7 Å². The van der Waals surface area contributed by atoms with E-state index in [0.717, 1.165) is 13.0 Å². The summed E-state index contributed by atoms with van der Waals surface area (Å²) in [6, 6.07) is 0. The first-order chi connectivity index (χ1) is 9.08. The molecule has 0 amide bonds. The number of ether oxygens (including phenoxy) is 1. The second-order valence-corrected chi connectivity index (χ2v) is 5.85. The van der Waals surface area contributed by atoms with Crippen LogP contribution in [0.25, 0.3) is 0 Å². The van der Waals surface area contributed by atoms with Gasteiger partial charge in [-0.2, -0.15) is 0 Å². The van der Waals surface area contributed by atoms with E-state index in [1.165, 1.54) is 38.5 Å². The Labute approximate surface area is 116 Å². The smallest absolute Gasteiger partial charge is 0.323 e. The standard InChI is InChI=1S/C15H29NO3/c1-2-15(16,14(17)18)10-7-11-19-12-13-8-5-3-4-6-9-13/h13H,2-12,16H2,1H3,(H,17,18). The largest absolute Gasteiger partial charge is 0.480 e. The molecule has 4 heteroatoms. The molecule has 1 rings (SSSR count). The Morgan fingerprint density at radius 1 is 1.32 bits per heavy atom. The van der Waals surface area contributed by atoms with Crippen molar-refractivity contribution in [2.75, 3.05) is 13.2 Å². The molecule has 0 heterocycles. The molecule has 0 aromatic carbocycles. The molecule has 1 aliphatic rings. The quantitative estimate of drug-likeness (QED) is 0.526. The van der Waals surface area contributed by atoms with E-state index < -0.39 is 11.5 Å². The molecule has 1 saturated carbocycles. The second kappa shape index (κ2) is 8.54. The fourth-order valence-corrected chi connectivity index (χ4v) is 2.71. The molecule has 0 saturated heterocycles. The minimum absolute atomic E-state index is 0.463. The van der Waals surface area contributed by atoms with Gasteiger partial charge in [-0.05, 0) is 38.0 Å². The van der Waals surface area contributed by atoms with E-state index in [4.69, 9.17) is 15.6 Å². The fourth-order valence-electron chi connectivity index (χ4n) is 2.71. The van der Waals surface area contributed by atoms with E-state index in [1.54, 1.807) is 0 Å². The third-order valence-electron chi connectivity index (χ3n) is 4.30. The minimum atomic E-state index is -1.08. The van der Waals surface area contributed by atoms with E-state index in [9.17, 15) is 4.79 Å². The maximum Gasteiger partial charge on any atom is 0.323 e. The second-order valence-electron chi connectivity index (χ2n) is 5.85. The Kier molecular flexibility index (Phi) is 7.39. The number of carboxylic acid groups (broad SMARTS) is 1. The lowest BCUT2D eigenvalue weighted by atomic mass is 9.92. The Morgan fingerprint density at radius 3 is 2.47 bits per heavy atom. The van der Waals surface area contributed by atoms with Crippen molar-refractivity contribution in [1.82, 2.24) is 0 Å². The summed E-state index contributed by atoms with van der Waals surface area (Å²) in [5.74, 6) is -0.199. The minimum Gasteiger partial charge on any atom is -0.480 e. The SMILES string of the molecule is CCC(N)(CCCOCC1CCCCCC1)C(=O)O. The van der Waals surface area contributed by atoms with E-state index in [0.29, 0.717) is 25.4 Å². The molecule has 0 aromatic rings. The Hall–Kier alpha value is -0.610. The average Bonchev–Trinajstić information content (AvgIpc) is 2.66. The van der Waals surface area contributed by atoms with Crippen LogP contribution in [0.15, 0.2) is 0 Å². The van der Waals surface area contributed by atoms with Crippen LogP contribution in [-0.2, 0) is 9.53 Å². The van der Waals surface area contributed by atoms with E-state index >= 15 is 0 Å². The van der Waals surface area contributed by atoms with Crippen LogP contribution in [0.2, 0.25) is 0 Å². The number of hydrogen-bond donors (Lipinski definition) is 2. The van der Waals surface area contributed by atoms with Crippen molar-refractivity contribution in [2.24, 2.45) is 11.7 Å². The molecule has 1 unspecified atom stereocenters. The molecule has 0 aliphatic heterocycles. The highest BCUT2D eigenvalue weighted by atomic mass is 16.5. The molecule has 3 N–H and O–H groups in total. The third kappa shape index (κ3) is 5.91. The molecule has 1 aliphatic carbocycles. The maximum absolute atomic E-state index is 11.0. The van der Waals surface area contributed by atoms with Crippen molar-refractivity contribution in [1.29, 1.82) is 0 Å². The molecule has 0 aromatic heterocycles. The zero-order valence-corrected chi connectivity index (χ0v) is 12.2. The number of rotatable bonds is 8. The van der Waals surface area contributed by atoms with Crippen LogP contribution >= 0.6 is 0 Å². The Morgan fingerprint density at radius 2 is 1.95 bits per heavy atom. The van der Waals surface area contributed by atoms with Gasteiger partial charge in [-0.3, -0.25) is 4.79 Å². The van der Waals surface area contributed by atoms with Gasteiger partial charge in [0.15, 0.2) is 0 Å². The zero-order chi connectivity index (χ0) is 14.1. The molecule has 1 atom stereocenters. The van der Waals surface area contributed by atoms with Gasteiger partial charge in [-0.25, -0.2) is 0 Å². The predicted octanol–water partition coefficient (Wildman–Crippen LogP) is 2.95. The van der Waals surface area contributed by atoms with Gasteiger partial charge in [0.1, 0.15) is 5.54 Å². The molecule has 1 fully saturated rings. The zero-order valence-electron chi connectivity index (χ0n) is 12.2. The normalized spacial score (nSPS) is 20.7. The topological polar surface area (TPSA) is 72.5 Å².